The first-order valence-electron chi connectivity index (χ1n) is 7.73. The number of rotatable bonds is 6. The highest BCUT2D eigenvalue weighted by Gasteiger charge is 2.19. The van der Waals surface area contributed by atoms with Gasteiger partial charge in [0.15, 0.2) is 6.10 Å². The maximum atomic E-state index is 12.0. The minimum absolute atomic E-state index is 0.142. The molecule has 7 nitrogen and oxygen atoms in total. The lowest BCUT2D eigenvalue weighted by atomic mass is 10.2. The highest BCUT2D eigenvalue weighted by Crippen LogP contribution is 2.21. The minimum Gasteiger partial charge on any atom is -0.452 e. The third kappa shape index (κ3) is 5.22. The smallest absolute Gasteiger partial charge is 0.317 e. The molecule has 1 atom stereocenters. The van der Waals surface area contributed by atoms with Crippen molar-refractivity contribution in [2.75, 3.05) is 11.1 Å². The molecule has 1 heterocycles. The van der Waals surface area contributed by atoms with Crippen LogP contribution in [0.1, 0.15) is 18.1 Å². The summed E-state index contributed by atoms with van der Waals surface area (Å²) in [6.45, 7) is 3.11. The normalized spacial score (nSPS) is 11.3. The number of hydrogen-bond acceptors (Lipinski definition) is 6. The van der Waals surface area contributed by atoms with Gasteiger partial charge in [0.05, 0.1) is 16.3 Å². The highest BCUT2D eigenvalue weighted by molar-refractivity contribution is 7.99. The quantitative estimate of drug-likeness (QED) is 0.595. The molecule has 0 saturated carbocycles. The van der Waals surface area contributed by atoms with E-state index in [4.69, 9.17) is 10.00 Å². The largest absolute Gasteiger partial charge is 0.452 e. The average Bonchev–Trinajstić information content (AvgIpc) is 2.60. The van der Waals surface area contributed by atoms with E-state index in [2.05, 4.69) is 10.3 Å². The van der Waals surface area contributed by atoms with E-state index < -0.39 is 18.0 Å². The van der Waals surface area contributed by atoms with Crippen LogP contribution in [0.3, 0.4) is 0 Å². The summed E-state index contributed by atoms with van der Waals surface area (Å²) in [5, 5.41) is 12.1. The summed E-state index contributed by atoms with van der Waals surface area (Å²) >= 11 is 0.981. The second kappa shape index (κ2) is 8.87. The molecule has 0 aliphatic rings. The van der Waals surface area contributed by atoms with Crippen molar-refractivity contribution >= 4 is 29.3 Å². The highest BCUT2D eigenvalue weighted by atomic mass is 32.2. The Kier molecular flexibility index (Phi) is 6.58. The number of thioether (sulfide) groups is 1. The lowest BCUT2D eigenvalue weighted by molar-refractivity contribution is -0.150. The van der Waals surface area contributed by atoms with Gasteiger partial charge in [-0.15, -0.1) is 0 Å². The van der Waals surface area contributed by atoms with Gasteiger partial charge in [0.25, 0.3) is 5.91 Å². The van der Waals surface area contributed by atoms with Crippen LogP contribution in [-0.2, 0) is 14.3 Å². The zero-order valence-electron chi connectivity index (χ0n) is 14.2. The van der Waals surface area contributed by atoms with Crippen LogP contribution in [-0.4, -0.2) is 28.7 Å². The van der Waals surface area contributed by atoms with E-state index >= 15 is 0 Å². The Morgan fingerprint density at radius 3 is 2.69 bits per heavy atom. The number of aromatic amines is 1. The van der Waals surface area contributed by atoms with Gasteiger partial charge in [-0.1, -0.05) is 30.0 Å². The summed E-state index contributed by atoms with van der Waals surface area (Å²) in [5.74, 6) is -1.22. The van der Waals surface area contributed by atoms with Crippen LogP contribution >= 0.6 is 11.8 Å². The maximum absolute atomic E-state index is 12.0. The van der Waals surface area contributed by atoms with E-state index in [1.165, 1.54) is 13.0 Å². The molecule has 0 fully saturated rings. The first-order valence-corrected chi connectivity index (χ1v) is 8.71. The van der Waals surface area contributed by atoms with Crippen molar-refractivity contribution in [1.82, 2.24) is 4.98 Å². The molecule has 8 heteroatoms. The molecule has 0 spiro atoms. The van der Waals surface area contributed by atoms with Crippen LogP contribution in [0, 0.1) is 18.3 Å². The number of carbonyl (C=O) groups excluding carboxylic acids is 2. The van der Waals surface area contributed by atoms with Crippen LogP contribution in [0.5, 0.6) is 0 Å². The Labute approximate surface area is 154 Å². The first-order chi connectivity index (χ1) is 12.4. The lowest BCUT2D eigenvalue weighted by Crippen LogP contribution is -2.30. The molecule has 0 bridgehead atoms. The fraction of sp³-hybridized carbons (Fsp3) is 0.222. The van der Waals surface area contributed by atoms with E-state index in [0.717, 1.165) is 11.8 Å². The summed E-state index contributed by atoms with van der Waals surface area (Å²) in [5.41, 5.74) is 1.08. The van der Waals surface area contributed by atoms with Crippen molar-refractivity contribution in [1.29, 1.82) is 5.26 Å². The Balaban J connectivity index is 1.92. The van der Waals surface area contributed by atoms with Crippen molar-refractivity contribution in [3.8, 4) is 6.07 Å². The third-order valence-corrected chi connectivity index (χ3v) is 4.35. The molecule has 26 heavy (non-hydrogen) atoms. The van der Waals surface area contributed by atoms with E-state index in [9.17, 15) is 14.4 Å². The first kappa shape index (κ1) is 19.3. The third-order valence-electron chi connectivity index (χ3n) is 3.37. The van der Waals surface area contributed by atoms with Gasteiger partial charge < -0.3 is 15.0 Å². The minimum atomic E-state index is -0.977. The fourth-order valence-corrected chi connectivity index (χ4v) is 2.94. The van der Waals surface area contributed by atoms with Crippen LogP contribution in [0.4, 0.5) is 5.69 Å². The van der Waals surface area contributed by atoms with E-state index in [0.29, 0.717) is 21.8 Å². The van der Waals surface area contributed by atoms with Crippen molar-refractivity contribution in [3.05, 3.63) is 57.9 Å². The number of nitrogens with one attached hydrogen (secondary N) is 2. The van der Waals surface area contributed by atoms with Gasteiger partial charge in [0.1, 0.15) is 6.07 Å². The van der Waals surface area contributed by atoms with Gasteiger partial charge >= 0.3 is 5.97 Å². The molecule has 2 aromatic rings. The summed E-state index contributed by atoms with van der Waals surface area (Å²) in [6.07, 6.45) is -0.977. The second-order valence-corrected chi connectivity index (χ2v) is 6.39. The standard InChI is InChI=1S/C18H17N3O4S/c1-11-8-15(22)21-18(14(11)9-19)26-10-16(23)25-12(2)17(24)20-13-6-4-3-5-7-13/h3-8,12H,10H2,1-2H3,(H,20,24)(H,21,22)/t12-/m1/s1. The molecule has 2 N–H and O–H groups in total. The lowest BCUT2D eigenvalue weighted by Gasteiger charge is -2.13. The summed E-state index contributed by atoms with van der Waals surface area (Å²) < 4.78 is 5.09. The number of anilines is 1. The number of hydrogen-bond donors (Lipinski definition) is 2. The van der Waals surface area contributed by atoms with Gasteiger partial charge in [-0.25, -0.2) is 0 Å². The molecule has 134 valence electrons. The number of amides is 1. The van der Waals surface area contributed by atoms with Gasteiger partial charge in [-0.2, -0.15) is 5.26 Å². The second-order valence-electron chi connectivity index (χ2n) is 5.41. The molecule has 0 unspecified atom stereocenters. The van der Waals surface area contributed by atoms with Crippen LogP contribution in [0.15, 0.2) is 46.2 Å². The van der Waals surface area contributed by atoms with E-state index in [1.54, 1.807) is 31.2 Å². The number of benzene rings is 1. The number of pyridine rings is 1. The molecule has 1 aromatic carbocycles. The molecule has 1 amide bonds. The van der Waals surface area contributed by atoms with Crippen LogP contribution in [0.2, 0.25) is 0 Å². The predicted octanol–water partition coefficient (Wildman–Crippen LogP) is 2.22. The van der Waals surface area contributed by atoms with Crippen LogP contribution in [0.25, 0.3) is 0 Å². The number of para-hydroxylation sites is 1. The molecule has 0 saturated heterocycles. The molecular formula is C18H17N3O4S. The summed E-state index contributed by atoms with van der Waals surface area (Å²) in [4.78, 5) is 38.0. The van der Waals surface area contributed by atoms with Crippen molar-refractivity contribution in [2.24, 2.45) is 0 Å². The molecule has 1 aromatic heterocycles. The summed E-state index contributed by atoms with van der Waals surface area (Å²) in [7, 11) is 0. The molecule has 2 rings (SSSR count). The fourth-order valence-electron chi connectivity index (χ4n) is 2.09. The Morgan fingerprint density at radius 1 is 1.35 bits per heavy atom. The number of aryl methyl sites for hydroxylation is 1. The molecular weight excluding hydrogens is 354 g/mol. The van der Waals surface area contributed by atoms with Gasteiger partial charge in [-0.05, 0) is 31.5 Å². The number of H-pyrrole nitrogens is 1. The SMILES string of the molecule is Cc1cc(=O)[nH]c(SCC(=O)O[C@H](C)C(=O)Nc2ccccc2)c1C#N. The Bertz CT molecular complexity index is 903. The number of ether oxygens (including phenoxy) is 1. The zero-order valence-corrected chi connectivity index (χ0v) is 15.1. The van der Waals surface area contributed by atoms with Crippen molar-refractivity contribution in [3.63, 3.8) is 0 Å². The molecule has 0 aliphatic heterocycles. The maximum Gasteiger partial charge on any atom is 0.317 e. The van der Waals surface area contributed by atoms with Gasteiger partial charge in [0, 0.05) is 11.8 Å². The van der Waals surface area contributed by atoms with Crippen molar-refractivity contribution < 1.29 is 14.3 Å². The number of esters is 1. The average molecular weight is 371 g/mol. The van der Waals surface area contributed by atoms with Crippen LogP contribution < -0.4 is 10.9 Å². The topological polar surface area (TPSA) is 112 Å². The number of carbonyl (C=O) groups is 2. The monoisotopic (exact) mass is 371 g/mol. The van der Waals surface area contributed by atoms with Gasteiger partial charge in [0.2, 0.25) is 5.56 Å². The zero-order chi connectivity index (χ0) is 19.1. The number of nitriles is 1. The predicted molar refractivity (Wildman–Crippen MR) is 97.9 cm³/mol. The molecule has 0 aliphatic carbocycles. The Hall–Kier alpha value is -3.05. The van der Waals surface area contributed by atoms with Gasteiger partial charge in [-0.3, -0.25) is 14.4 Å². The summed E-state index contributed by atoms with van der Waals surface area (Å²) in [6, 6.07) is 12.1. The van der Waals surface area contributed by atoms with Crippen molar-refractivity contribution in [2.45, 2.75) is 25.0 Å². The Morgan fingerprint density at radius 2 is 2.04 bits per heavy atom. The number of nitrogens with zero attached hydrogens (tertiary/aromatic N) is 1. The van der Waals surface area contributed by atoms with E-state index in [1.807, 2.05) is 12.1 Å². The molecule has 0 radical (unpaired) electrons. The number of aromatic nitrogens is 1. The van der Waals surface area contributed by atoms with E-state index in [-0.39, 0.29) is 11.3 Å².